The highest BCUT2D eigenvalue weighted by atomic mass is 16.5. The molecule has 1 saturated carbocycles. The zero-order chi connectivity index (χ0) is 12.3. The van der Waals surface area contributed by atoms with Gasteiger partial charge in [-0.2, -0.15) is 5.10 Å². The summed E-state index contributed by atoms with van der Waals surface area (Å²) in [5, 5.41) is 4.25. The first-order valence-corrected chi connectivity index (χ1v) is 6.53. The second kappa shape index (κ2) is 5.19. The van der Waals surface area contributed by atoms with Gasteiger partial charge >= 0.3 is 0 Å². The van der Waals surface area contributed by atoms with Gasteiger partial charge in [0.1, 0.15) is 0 Å². The first kappa shape index (κ1) is 12.6. The van der Waals surface area contributed by atoms with E-state index in [0.29, 0.717) is 13.2 Å². The maximum absolute atomic E-state index is 6.08. The minimum absolute atomic E-state index is 0.0896. The third kappa shape index (κ3) is 2.87. The van der Waals surface area contributed by atoms with E-state index in [0.717, 1.165) is 30.9 Å². The fraction of sp³-hybridized carbons (Fsp3) is 0.769. The van der Waals surface area contributed by atoms with Gasteiger partial charge in [0.15, 0.2) is 0 Å². The monoisotopic (exact) mass is 237 g/mol. The van der Waals surface area contributed by atoms with Gasteiger partial charge < -0.3 is 10.5 Å². The molecular weight excluding hydrogens is 214 g/mol. The van der Waals surface area contributed by atoms with Crippen LogP contribution in [0, 0.1) is 5.92 Å². The van der Waals surface area contributed by atoms with Crippen molar-refractivity contribution < 1.29 is 4.74 Å². The fourth-order valence-corrected chi connectivity index (χ4v) is 2.61. The molecule has 0 spiro atoms. The normalized spacial score (nSPS) is 28.8. The molecule has 0 aliphatic heterocycles. The van der Waals surface area contributed by atoms with Gasteiger partial charge in [-0.05, 0) is 32.1 Å². The zero-order valence-corrected chi connectivity index (χ0v) is 10.9. The number of rotatable bonds is 5. The van der Waals surface area contributed by atoms with E-state index in [1.807, 2.05) is 17.1 Å². The van der Waals surface area contributed by atoms with Gasteiger partial charge in [0, 0.05) is 24.8 Å². The van der Waals surface area contributed by atoms with Crippen LogP contribution in [0.2, 0.25) is 0 Å². The highest BCUT2D eigenvalue weighted by molar-refractivity contribution is 5.03. The lowest BCUT2D eigenvalue weighted by Crippen LogP contribution is -2.38. The number of aromatic nitrogens is 2. The molecule has 1 aromatic heterocycles. The van der Waals surface area contributed by atoms with Crippen molar-refractivity contribution in [3.63, 3.8) is 0 Å². The van der Waals surface area contributed by atoms with Crippen LogP contribution in [0.3, 0.4) is 0 Å². The molecule has 17 heavy (non-hydrogen) atoms. The van der Waals surface area contributed by atoms with E-state index in [1.165, 1.54) is 6.42 Å². The third-order valence-electron chi connectivity index (χ3n) is 3.74. The molecule has 0 bridgehead atoms. The number of ether oxygens (including phenoxy) is 1. The Labute approximate surface area is 103 Å². The van der Waals surface area contributed by atoms with Gasteiger partial charge in [-0.15, -0.1) is 0 Å². The second-order valence-corrected chi connectivity index (χ2v) is 5.23. The lowest BCUT2D eigenvalue weighted by molar-refractivity contribution is -0.0471. The van der Waals surface area contributed by atoms with Crippen molar-refractivity contribution in [2.24, 2.45) is 11.7 Å². The molecule has 4 nitrogen and oxygen atoms in total. The van der Waals surface area contributed by atoms with Crippen molar-refractivity contribution in [2.75, 3.05) is 6.54 Å². The first-order valence-electron chi connectivity index (χ1n) is 6.53. The van der Waals surface area contributed by atoms with Crippen LogP contribution in [-0.2, 0) is 17.9 Å². The van der Waals surface area contributed by atoms with Crippen LogP contribution >= 0.6 is 0 Å². The predicted molar refractivity (Wildman–Crippen MR) is 67.5 cm³/mol. The minimum atomic E-state index is -0.0896. The van der Waals surface area contributed by atoms with Crippen molar-refractivity contribution in [3.05, 3.63) is 18.0 Å². The number of nitrogens with zero attached hydrogens (tertiary/aromatic N) is 2. The Kier molecular flexibility index (Phi) is 3.84. The summed E-state index contributed by atoms with van der Waals surface area (Å²) in [5.41, 5.74) is 6.93. The van der Waals surface area contributed by atoms with Crippen molar-refractivity contribution in [3.8, 4) is 0 Å². The lowest BCUT2D eigenvalue weighted by Gasteiger charge is -2.27. The van der Waals surface area contributed by atoms with Crippen LogP contribution in [0.4, 0.5) is 0 Å². The van der Waals surface area contributed by atoms with Crippen LogP contribution in [0.5, 0.6) is 0 Å². The summed E-state index contributed by atoms with van der Waals surface area (Å²) in [6.45, 7) is 6.51. The van der Waals surface area contributed by atoms with Crippen LogP contribution in [0.1, 0.15) is 38.7 Å². The molecule has 2 unspecified atom stereocenters. The summed E-state index contributed by atoms with van der Waals surface area (Å²) in [7, 11) is 0. The maximum atomic E-state index is 6.08. The third-order valence-corrected chi connectivity index (χ3v) is 3.74. The van der Waals surface area contributed by atoms with E-state index in [1.54, 1.807) is 0 Å². The molecule has 2 N–H and O–H groups in total. The number of hydrogen-bond donors (Lipinski definition) is 1. The molecule has 1 heterocycles. The molecule has 0 aromatic carbocycles. The summed E-state index contributed by atoms with van der Waals surface area (Å²) >= 11 is 0. The van der Waals surface area contributed by atoms with Gasteiger partial charge in [-0.25, -0.2) is 0 Å². The fourth-order valence-electron chi connectivity index (χ4n) is 2.61. The van der Waals surface area contributed by atoms with Crippen LogP contribution in [0.25, 0.3) is 0 Å². The molecule has 1 aliphatic carbocycles. The Hall–Kier alpha value is -0.870. The van der Waals surface area contributed by atoms with Crippen molar-refractivity contribution in [1.82, 2.24) is 9.78 Å². The zero-order valence-electron chi connectivity index (χ0n) is 10.9. The highest BCUT2D eigenvalue weighted by Gasteiger charge is 2.37. The maximum Gasteiger partial charge on any atom is 0.0811 e. The Morgan fingerprint density at radius 3 is 3.00 bits per heavy atom. The summed E-state index contributed by atoms with van der Waals surface area (Å²) in [6.07, 6.45) is 7.33. The van der Waals surface area contributed by atoms with Crippen LogP contribution in [0.15, 0.2) is 12.4 Å². The molecule has 0 saturated heterocycles. The van der Waals surface area contributed by atoms with E-state index in [-0.39, 0.29) is 5.60 Å². The van der Waals surface area contributed by atoms with Crippen LogP contribution < -0.4 is 5.73 Å². The van der Waals surface area contributed by atoms with E-state index < -0.39 is 0 Å². The van der Waals surface area contributed by atoms with Crippen molar-refractivity contribution in [2.45, 2.75) is 51.9 Å². The Morgan fingerprint density at radius 1 is 1.65 bits per heavy atom. The number of hydrogen-bond acceptors (Lipinski definition) is 3. The summed E-state index contributed by atoms with van der Waals surface area (Å²) in [5.74, 6) is 0.733. The largest absolute Gasteiger partial charge is 0.369 e. The standard InChI is InChI=1S/C13H23N3O/c1-3-16-8-12(7-15-16)9-17-13(10-14)5-4-11(2)6-13/h7-8,11H,3-6,9-10,14H2,1-2H3. The summed E-state index contributed by atoms with van der Waals surface area (Å²) < 4.78 is 8.00. The molecule has 1 fully saturated rings. The Morgan fingerprint density at radius 2 is 2.47 bits per heavy atom. The van der Waals surface area contributed by atoms with Gasteiger partial charge in [0.2, 0.25) is 0 Å². The molecule has 2 atom stereocenters. The van der Waals surface area contributed by atoms with Gasteiger partial charge in [0.25, 0.3) is 0 Å². The van der Waals surface area contributed by atoms with E-state index >= 15 is 0 Å². The SMILES string of the molecule is CCn1cc(COC2(CN)CCC(C)C2)cn1. The van der Waals surface area contributed by atoms with Gasteiger partial charge in [0.05, 0.1) is 18.4 Å². The van der Waals surface area contributed by atoms with Gasteiger partial charge in [-0.3, -0.25) is 4.68 Å². The highest BCUT2D eigenvalue weighted by Crippen LogP contribution is 2.37. The molecule has 1 aliphatic rings. The summed E-state index contributed by atoms with van der Waals surface area (Å²) in [6, 6.07) is 0. The molecule has 0 radical (unpaired) electrons. The quantitative estimate of drug-likeness (QED) is 0.851. The lowest BCUT2D eigenvalue weighted by atomic mass is 10.0. The van der Waals surface area contributed by atoms with Gasteiger partial charge in [-0.1, -0.05) is 6.92 Å². The number of nitrogens with two attached hydrogens (primary N) is 1. The van der Waals surface area contributed by atoms with Crippen molar-refractivity contribution in [1.29, 1.82) is 0 Å². The molecule has 96 valence electrons. The average Bonchev–Trinajstić information content (AvgIpc) is 2.94. The smallest absolute Gasteiger partial charge is 0.0811 e. The van der Waals surface area contributed by atoms with E-state index in [2.05, 4.69) is 18.9 Å². The number of aryl methyl sites for hydroxylation is 1. The summed E-state index contributed by atoms with van der Waals surface area (Å²) in [4.78, 5) is 0. The topological polar surface area (TPSA) is 53.1 Å². The predicted octanol–water partition coefficient (Wildman–Crippen LogP) is 1.94. The molecular formula is C13H23N3O. The second-order valence-electron chi connectivity index (χ2n) is 5.23. The Balaban J connectivity index is 1.92. The Bertz CT molecular complexity index is 363. The van der Waals surface area contributed by atoms with E-state index in [4.69, 9.17) is 10.5 Å². The molecule has 1 aromatic rings. The molecule has 2 rings (SSSR count). The first-order chi connectivity index (χ1) is 8.17. The average molecular weight is 237 g/mol. The van der Waals surface area contributed by atoms with Crippen LogP contribution in [-0.4, -0.2) is 21.9 Å². The minimum Gasteiger partial charge on any atom is -0.369 e. The molecule has 4 heteroatoms. The van der Waals surface area contributed by atoms with Crippen molar-refractivity contribution >= 4 is 0 Å². The van der Waals surface area contributed by atoms with E-state index in [9.17, 15) is 0 Å². The molecule has 0 amide bonds.